The maximum Gasteiger partial charge on any atom is 0.303 e. The van der Waals surface area contributed by atoms with Crippen LogP contribution in [0.3, 0.4) is 0 Å². The fraction of sp³-hybridized carbons (Fsp3) is 0.495. The van der Waals surface area contributed by atoms with E-state index in [1.165, 1.54) is 62.5 Å². The number of imidazole rings is 1. The molecule has 0 saturated carbocycles. The van der Waals surface area contributed by atoms with Crippen LogP contribution in [0.5, 0.6) is 5.75 Å². The van der Waals surface area contributed by atoms with Crippen molar-refractivity contribution in [3.8, 4) is 5.75 Å². The van der Waals surface area contributed by atoms with Crippen molar-refractivity contribution in [2.75, 3.05) is 51.8 Å². The highest BCUT2D eigenvalue weighted by Crippen LogP contribution is 2.32. The quantitative estimate of drug-likeness (QED) is 0.0288. The Hall–Kier alpha value is -14.3. The van der Waals surface area contributed by atoms with Crippen LogP contribution >= 0.6 is 11.8 Å². The Balaban J connectivity index is 1.04. The lowest BCUT2D eigenvalue weighted by Crippen LogP contribution is -2.60. The number of unbranched alkanes of at least 4 members (excludes halogenated alkanes) is 2. The number of likely N-dealkylation sites (N-methyl/N-ethyl adjacent to an activating group) is 2. The SMILES string of the molecule is CCCC[C@H]1C(=O)N[C@@H](CCC(=O)O)C(=O)N[C@H](C(=O)NCC(N)=O)CSCC(=O)N[C@@H](Cc2ccc(O)cc2)C(=O)N(C)[C@@H](C)C(=O)N[C@@H](CC(N)=O)C(=O)N2CCC[C@H]2C(=O)N[C@@H](Cc2cnc[nH]2)C(=O)N[C@@H](CCC(=O)O)C(=O)N2C[C@H](O)C[C@H]2C(=O)C[C@@H](Cc2c[nH]c3ccccc23)C(=O)N[C@@H](CO)C(=O)N[C@@H](Cc2cccc3ccccc23)c2nnnn2[C@@H](CCCC)C(=O)N1C. The van der Waals surface area contributed by atoms with Crippen LogP contribution in [0, 0.1) is 5.92 Å². The fourth-order valence-electron chi connectivity index (χ4n) is 16.9. The standard InChI is InChI=1S/C91H118N22O23S/c1-6-8-22-69-86(131)99-61(29-31-77(121)122)83(128)105-68(82(127)96-43-75(93)119)46-137-47-76(120)98-65(34-50-25-27-56(115)28-26-50)88(133)109(4)49(3)80(125)103-66(40-74(92)118)90(135)111-33-15-24-70(111)87(132)102-64(38-55-42-94-48-97-55)84(129)100-62(30-32-78(123)124)89(134)112-44-57(116)39-72(112)73(117)37-53(35-54-41-95-60-21-13-12-20-59(54)60)81(126)104-67(45-114)85(130)101-63(36-52-18-14-17-51-16-10-11-19-58(51)52)79-106-107-108-113(79)71(23-9-7-2)91(136)110(69)5/h10-14,16-21,25-28,41-42,48-49,53,57,61-72,95,114-116H,6-9,15,22-24,29-40,43-47H2,1-5H3,(H2,92,118)(H2,93,119)(H,94,97)(H,96,127)(H,98,120)(H,99,131)(H,100,129)(H,101,130)(H,102,132)(H,103,125)(H,104,126)(H,105,128)(H,121,122)(H,123,124)/t49-,53+,57+,61-,62-,63-,64-,65-,66-,67-,68-,69-,70-,71-,72-/m0/s1. The van der Waals surface area contributed by atoms with Crippen molar-refractivity contribution in [3.63, 3.8) is 0 Å². The number of nitrogens with one attached hydrogen (secondary N) is 11. The number of fused-ring (bicyclic) bond motifs is 5. The van der Waals surface area contributed by atoms with Gasteiger partial charge < -0.3 is 114 Å². The predicted molar refractivity (Wildman–Crippen MR) is 491 cm³/mol. The number of primary amides is 2. The number of thioether (sulfide) groups is 1. The summed E-state index contributed by atoms with van der Waals surface area (Å²) in [6.07, 6.45) is -1.77. The Bertz CT molecular complexity index is 5520. The zero-order valence-corrected chi connectivity index (χ0v) is 77.2. The summed E-state index contributed by atoms with van der Waals surface area (Å²) in [5.41, 5.74) is 13.4. The molecule has 46 heteroatoms. The Labute approximate surface area is 790 Å². The number of hydrogen-bond acceptors (Lipinski definition) is 26. The second-order valence-electron chi connectivity index (χ2n) is 34.3. The maximum atomic E-state index is 15.8. The first kappa shape index (κ1) is 105. The molecule has 736 valence electrons. The minimum absolute atomic E-state index is 0.0209. The monoisotopic (exact) mass is 1920 g/mol. The number of aromatic nitrogens is 7. The van der Waals surface area contributed by atoms with Gasteiger partial charge in [-0.05, 0) is 108 Å². The van der Waals surface area contributed by atoms with Crippen LogP contribution in [0.25, 0.3) is 21.7 Å². The fourth-order valence-corrected chi connectivity index (χ4v) is 17.8. The van der Waals surface area contributed by atoms with E-state index in [-0.39, 0.29) is 75.2 Å². The van der Waals surface area contributed by atoms with Gasteiger partial charge in [-0.15, -0.1) is 16.9 Å². The number of benzene rings is 4. The number of Topliss-reactive ketones (excluding diaryl/α,β-unsaturated/α-hetero) is 1. The molecule has 0 aliphatic carbocycles. The summed E-state index contributed by atoms with van der Waals surface area (Å²) in [5.74, 6) is -21.8. The Morgan fingerprint density at radius 3 is 1.88 bits per heavy atom. The summed E-state index contributed by atoms with van der Waals surface area (Å²) in [5, 5.41) is 91.4. The molecule has 3 aromatic heterocycles. The van der Waals surface area contributed by atoms with Crippen molar-refractivity contribution in [1.29, 1.82) is 0 Å². The molecule has 3 aliphatic rings. The van der Waals surface area contributed by atoms with Gasteiger partial charge in [-0.25, -0.2) is 9.67 Å². The molecule has 4 aromatic carbocycles. The third kappa shape index (κ3) is 28.6. The number of tetrazole rings is 1. The Kier molecular flexibility index (Phi) is 38.1. The van der Waals surface area contributed by atoms with Crippen molar-refractivity contribution in [2.24, 2.45) is 17.4 Å². The smallest absolute Gasteiger partial charge is 0.303 e. The van der Waals surface area contributed by atoms with Crippen molar-refractivity contribution < 1.29 is 112 Å². The highest BCUT2D eigenvalue weighted by molar-refractivity contribution is 8.00. The molecule has 0 spiro atoms. The summed E-state index contributed by atoms with van der Waals surface area (Å²) < 4.78 is 1.18. The number of rotatable bonds is 26. The highest BCUT2D eigenvalue weighted by Gasteiger charge is 2.47. The number of amides is 15. The van der Waals surface area contributed by atoms with Crippen LogP contribution in [0.4, 0.5) is 0 Å². The largest absolute Gasteiger partial charge is 0.508 e. The van der Waals surface area contributed by atoms with Crippen molar-refractivity contribution >= 4 is 140 Å². The van der Waals surface area contributed by atoms with E-state index in [4.69, 9.17) is 11.5 Å². The van der Waals surface area contributed by atoms with Crippen molar-refractivity contribution in [1.82, 2.24) is 103 Å². The number of aromatic hydroxyl groups is 1. The summed E-state index contributed by atoms with van der Waals surface area (Å²) in [6.45, 7) is 2.27. The van der Waals surface area contributed by atoms with E-state index in [2.05, 4.69) is 78.3 Å². The van der Waals surface area contributed by atoms with Gasteiger partial charge in [0.25, 0.3) is 0 Å². The number of carbonyl (C=O) groups excluding carboxylic acids is 16. The molecular weight excluding hydrogens is 1800 g/mol. The molecule has 0 unspecified atom stereocenters. The van der Waals surface area contributed by atoms with Gasteiger partial charge in [-0.2, -0.15) is 0 Å². The highest BCUT2D eigenvalue weighted by atomic mass is 32.2. The number of H-pyrrole nitrogens is 2. The summed E-state index contributed by atoms with van der Waals surface area (Å²) in [7, 11) is 2.50. The van der Waals surface area contributed by atoms with E-state index in [1.807, 2.05) is 31.2 Å². The van der Waals surface area contributed by atoms with Crippen LogP contribution in [0.1, 0.15) is 157 Å². The van der Waals surface area contributed by atoms with Crippen LogP contribution in [0.2, 0.25) is 0 Å². The van der Waals surface area contributed by atoms with Gasteiger partial charge in [0.15, 0.2) is 11.6 Å². The number of ketones is 1. The van der Waals surface area contributed by atoms with Gasteiger partial charge in [0, 0.05) is 113 Å². The molecule has 137 heavy (non-hydrogen) atoms. The molecule has 6 heterocycles. The van der Waals surface area contributed by atoms with Crippen LogP contribution in [0.15, 0.2) is 110 Å². The molecule has 15 amide bonds. The van der Waals surface area contributed by atoms with E-state index >= 15 is 33.6 Å². The van der Waals surface area contributed by atoms with E-state index in [1.54, 1.807) is 55.6 Å². The minimum Gasteiger partial charge on any atom is -0.508 e. The van der Waals surface area contributed by atoms with E-state index in [0.29, 0.717) is 64.0 Å². The molecule has 0 bridgehead atoms. The first-order chi connectivity index (χ1) is 65.4. The second kappa shape index (κ2) is 49.8. The molecule has 2 fully saturated rings. The third-order valence-corrected chi connectivity index (χ3v) is 25.5. The van der Waals surface area contributed by atoms with E-state index in [9.17, 15) is 78.3 Å². The van der Waals surface area contributed by atoms with Crippen LogP contribution < -0.4 is 59.3 Å². The lowest BCUT2D eigenvalue weighted by atomic mass is 9.90. The Morgan fingerprint density at radius 1 is 0.577 bits per heavy atom. The number of nitrogens with two attached hydrogens (primary N) is 2. The van der Waals surface area contributed by atoms with Crippen molar-refractivity contribution in [2.45, 2.75) is 227 Å². The van der Waals surface area contributed by atoms with Crippen molar-refractivity contribution in [3.05, 3.63) is 138 Å². The average Bonchev–Trinajstić information content (AvgIpc) is 1.69. The normalized spacial score (nSPS) is 24.3. The summed E-state index contributed by atoms with van der Waals surface area (Å²) in [6, 6.07) is 3.96. The molecule has 7 aromatic rings. The number of aliphatic carboxylic acids is 2. The molecule has 2 saturated heterocycles. The van der Waals surface area contributed by atoms with Crippen LogP contribution in [-0.4, -0.2) is 311 Å². The third-order valence-electron chi connectivity index (χ3n) is 24.4. The van der Waals surface area contributed by atoms with E-state index in [0.717, 1.165) is 25.0 Å². The van der Waals surface area contributed by atoms with Gasteiger partial charge in [-0.3, -0.25) is 86.3 Å². The topological polar surface area (TPSA) is 670 Å². The maximum absolute atomic E-state index is 15.8. The number of carbonyl (C=O) groups is 18. The number of phenols is 1. The van der Waals surface area contributed by atoms with Gasteiger partial charge in [0.1, 0.15) is 72.2 Å². The number of aromatic amines is 2. The zero-order chi connectivity index (χ0) is 99.4. The van der Waals surface area contributed by atoms with E-state index < -0.39 is 279 Å². The zero-order valence-electron chi connectivity index (χ0n) is 76.4. The summed E-state index contributed by atoms with van der Waals surface area (Å²) in [4.78, 5) is 274. The van der Waals surface area contributed by atoms with Gasteiger partial charge in [-0.1, -0.05) is 112 Å². The molecular formula is C91H118N22O23S. The number of aliphatic hydroxyl groups is 2. The molecule has 3 aliphatic heterocycles. The first-order valence-electron chi connectivity index (χ1n) is 45.2. The number of para-hydroxylation sites is 1. The molecule has 45 nitrogen and oxygen atoms in total. The second-order valence-corrected chi connectivity index (χ2v) is 35.4. The molecule has 10 rings (SSSR count). The number of phenolic OH excluding ortho intramolecular Hbond substituents is 1. The number of hydrogen-bond donors (Lipinski definition) is 18. The first-order valence-corrected chi connectivity index (χ1v) is 46.4. The number of nitrogens with zero attached hydrogens (tertiary/aromatic N) is 9. The molecule has 15 atom stereocenters. The molecule has 0 radical (unpaired) electrons. The molecule has 20 N–H and O–H groups in total. The lowest BCUT2D eigenvalue weighted by molar-refractivity contribution is -0.145. The Morgan fingerprint density at radius 2 is 1.20 bits per heavy atom. The minimum atomic E-state index is -1.86. The number of carboxylic acids is 2. The number of aliphatic hydroxyl groups excluding tert-OH is 2. The lowest BCUT2D eigenvalue weighted by Gasteiger charge is -2.32. The number of carboxylic acid groups (broad SMARTS) is 2. The van der Waals surface area contributed by atoms with Gasteiger partial charge >= 0.3 is 11.9 Å². The summed E-state index contributed by atoms with van der Waals surface area (Å²) >= 11 is 0.702. The van der Waals surface area contributed by atoms with Gasteiger partial charge in [0.2, 0.25) is 88.6 Å². The van der Waals surface area contributed by atoms with Gasteiger partial charge in [0.05, 0.1) is 49.8 Å². The predicted octanol–water partition coefficient (Wildman–Crippen LogP) is -1.67. The average molecular weight is 1920 g/mol. The van der Waals surface area contributed by atoms with Crippen LogP contribution in [-0.2, 0) is 112 Å².